The third-order valence-electron chi connectivity index (χ3n) is 5.73. The largest absolute Gasteiger partial charge is 0.390 e. The number of likely N-dealkylation sites (tertiary alicyclic amines) is 1. The van der Waals surface area contributed by atoms with Crippen LogP contribution < -0.4 is 0 Å². The van der Waals surface area contributed by atoms with E-state index in [2.05, 4.69) is 17.0 Å². The molecule has 1 saturated heterocycles. The van der Waals surface area contributed by atoms with E-state index < -0.39 is 12.2 Å². The zero-order valence-corrected chi connectivity index (χ0v) is 14.2. The van der Waals surface area contributed by atoms with Gasteiger partial charge in [0.15, 0.2) is 0 Å². The van der Waals surface area contributed by atoms with Gasteiger partial charge in [-0.05, 0) is 41.9 Å². The van der Waals surface area contributed by atoms with Crippen molar-refractivity contribution in [3.8, 4) is 11.1 Å². The normalized spacial score (nSPS) is 29.6. The van der Waals surface area contributed by atoms with Crippen LogP contribution >= 0.6 is 0 Å². The summed E-state index contributed by atoms with van der Waals surface area (Å²) in [5.41, 5.74) is 2.73. The molecule has 25 heavy (non-hydrogen) atoms. The predicted molar refractivity (Wildman–Crippen MR) is 95.3 cm³/mol. The summed E-state index contributed by atoms with van der Waals surface area (Å²) >= 11 is 0. The zero-order valence-electron chi connectivity index (χ0n) is 14.2. The van der Waals surface area contributed by atoms with Gasteiger partial charge in [0.05, 0.1) is 12.2 Å². The summed E-state index contributed by atoms with van der Waals surface area (Å²) in [5, 5.41) is 19.7. The van der Waals surface area contributed by atoms with Gasteiger partial charge in [0.2, 0.25) is 0 Å². The quantitative estimate of drug-likeness (QED) is 0.902. The van der Waals surface area contributed by atoms with Crippen LogP contribution in [0.3, 0.4) is 0 Å². The molecule has 4 atom stereocenters. The molecular weight excluding hydrogens is 317 g/mol. The van der Waals surface area contributed by atoms with E-state index in [1.165, 1.54) is 11.6 Å². The number of hydrogen-bond donors (Lipinski definition) is 2. The molecule has 0 aromatic heterocycles. The number of rotatable bonds is 3. The van der Waals surface area contributed by atoms with E-state index in [0.717, 1.165) is 25.2 Å². The molecule has 0 radical (unpaired) electrons. The van der Waals surface area contributed by atoms with Crippen LogP contribution in [0.4, 0.5) is 4.39 Å². The first kappa shape index (κ1) is 16.7. The van der Waals surface area contributed by atoms with Crippen molar-refractivity contribution in [1.29, 1.82) is 0 Å². The first-order chi connectivity index (χ1) is 12.1. The fraction of sp³-hybridized carbons (Fsp3) is 0.429. The third kappa shape index (κ3) is 3.47. The fourth-order valence-corrected chi connectivity index (χ4v) is 4.38. The van der Waals surface area contributed by atoms with Gasteiger partial charge in [-0.15, -0.1) is 0 Å². The zero-order chi connectivity index (χ0) is 17.4. The first-order valence-corrected chi connectivity index (χ1v) is 9.02. The van der Waals surface area contributed by atoms with Crippen LogP contribution in [0.25, 0.3) is 11.1 Å². The second-order valence-electron chi connectivity index (χ2n) is 7.50. The summed E-state index contributed by atoms with van der Waals surface area (Å²) in [7, 11) is 0. The van der Waals surface area contributed by atoms with Crippen molar-refractivity contribution >= 4 is 0 Å². The Kier molecular flexibility index (Phi) is 4.59. The van der Waals surface area contributed by atoms with Crippen LogP contribution in [-0.4, -0.2) is 40.4 Å². The van der Waals surface area contributed by atoms with E-state index in [9.17, 15) is 14.6 Å². The van der Waals surface area contributed by atoms with Crippen molar-refractivity contribution in [2.75, 3.05) is 13.1 Å². The maximum absolute atomic E-state index is 13.9. The van der Waals surface area contributed by atoms with Gasteiger partial charge in [0, 0.05) is 25.2 Å². The molecule has 1 aliphatic carbocycles. The van der Waals surface area contributed by atoms with Gasteiger partial charge in [-0.2, -0.15) is 0 Å². The Labute approximate surface area is 147 Å². The lowest BCUT2D eigenvalue weighted by Gasteiger charge is -2.32. The highest BCUT2D eigenvalue weighted by Gasteiger charge is 2.40. The summed E-state index contributed by atoms with van der Waals surface area (Å²) in [6.45, 7) is 2.81. The third-order valence-corrected chi connectivity index (χ3v) is 5.73. The molecular formula is C21H24FNO2. The number of nitrogens with zero attached hydrogens (tertiary/aromatic N) is 1. The van der Waals surface area contributed by atoms with Crippen LogP contribution in [0.1, 0.15) is 18.4 Å². The van der Waals surface area contributed by atoms with Crippen molar-refractivity contribution in [3.63, 3.8) is 0 Å². The van der Waals surface area contributed by atoms with Crippen molar-refractivity contribution in [2.45, 2.75) is 31.6 Å². The fourth-order valence-electron chi connectivity index (χ4n) is 4.38. The minimum atomic E-state index is -0.568. The highest BCUT2D eigenvalue weighted by atomic mass is 19.1. The summed E-state index contributed by atoms with van der Waals surface area (Å²) < 4.78 is 13.9. The molecule has 132 valence electrons. The van der Waals surface area contributed by atoms with Crippen LogP contribution in [-0.2, 0) is 6.54 Å². The number of hydrogen-bond acceptors (Lipinski definition) is 3. The molecule has 2 aliphatic rings. The monoisotopic (exact) mass is 341 g/mol. The predicted octanol–water partition coefficient (Wildman–Crippen LogP) is 3.06. The molecule has 3 nitrogen and oxygen atoms in total. The van der Waals surface area contributed by atoms with Gasteiger partial charge in [-0.25, -0.2) is 4.39 Å². The van der Waals surface area contributed by atoms with Gasteiger partial charge >= 0.3 is 0 Å². The SMILES string of the molecule is O[C@@H]1C[C@H]2CN(Cc3ccc(-c4ccccc4F)cc3)C[C@H]2C[C@@H]1O. The maximum Gasteiger partial charge on any atom is 0.131 e. The maximum atomic E-state index is 13.9. The van der Waals surface area contributed by atoms with Gasteiger partial charge in [-0.3, -0.25) is 4.90 Å². The number of halogens is 1. The van der Waals surface area contributed by atoms with E-state index in [0.29, 0.717) is 30.2 Å². The lowest BCUT2D eigenvalue weighted by molar-refractivity contribution is -0.0372. The second-order valence-corrected chi connectivity index (χ2v) is 7.50. The van der Waals surface area contributed by atoms with E-state index in [1.54, 1.807) is 12.1 Å². The second kappa shape index (κ2) is 6.87. The van der Waals surface area contributed by atoms with Crippen molar-refractivity contribution in [1.82, 2.24) is 4.90 Å². The van der Waals surface area contributed by atoms with E-state index in [1.807, 2.05) is 18.2 Å². The molecule has 2 aromatic rings. The number of aliphatic hydroxyl groups excluding tert-OH is 2. The Morgan fingerprint density at radius 3 is 2.08 bits per heavy atom. The van der Waals surface area contributed by atoms with Gasteiger partial charge in [0.1, 0.15) is 5.82 Å². The molecule has 2 aromatic carbocycles. The Hall–Kier alpha value is -1.75. The molecule has 0 bridgehead atoms. The molecule has 1 aliphatic heterocycles. The van der Waals surface area contributed by atoms with Crippen molar-refractivity contribution in [3.05, 3.63) is 59.9 Å². The first-order valence-electron chi connectivity index (χ1n) is 9.02. The highest BCUT2D eigenvalue weighted by molar-refractivity contribution is 5.64. The standard InChI is InChI=1S/C21H24FNO2/c22-19-4-2-1-3-18(19)15-7-5-14(6-8-15)11-23-12-16-9-20(24)21(25)10-17(16)13-23/h1-8,16-17,20-21,24-25H,9-13H2/t16-,17+,20+,21-. The summed E-state index contributed by atoms with van der Waals surface area (Å²) in [6.07, 6.45) is 0.269. The summed E-state index contributed by atoms with van der Waals surface area (Å²) in [5.74, 6) is 0.767. The molecule has 2 fully saturated rings. The lowest BCUT2D eigenvalue weighted by atomic mass is 9.79. The molecule has 0 spiro atoms. The van der Waals surface area contributed by atoms with Crippen molar-refractivity contribution in [2.24, 2.45) is 11.8 Å². The van der Waals surface area contributed by atoms with Crippen LogP contribution in [0.15, 0.2) is 48.5 Å². The van der Waals surface area contributed by atoms with Gasteiger partial charge in [0.25, 0.3) is 0 Å². The summed E-state index contributed by atoms with van der Waals surface area (Å²) in [4.78, 5) is 2.40. The van der Waals surface area contributed by atoms with Crippen LogP contribution in [0.5, 0.6) is 0 Å². The molecule has 2 N–H and O–H groups in total. The van der Waals surface area contributed by atoms with Crippen molar-refractivity contribution < 1.29 is 14.6 Å². The molecule has 1 saturated carbocycles. The highest BCUT2D eigenvalue weighted by Crippen LogP contribution is 2.37. The molecule has 1 heterocycles. The Balaban J connectivity index is 1.42. The van der Waals surface area contributed by atoms with Crippen LogP contribution in [0.2, 0.25) is 0 Å². The van der Waals surface area contributed by atoms with E-state index in [4.69, 9.17) is 0 Å². The molecule has 4 heteroatoms. The number of aliphatic hydroxyl groups is 2. The molecule has 0 unspecified atom stereocenters. The minimum Gasteiger partial charge on any atom is -0.390 e. The number of fused-ring (bicyclic) bond motifs is 1. The lowest BCUT2D eigenvalue weighted by Crippen LogP contribution is -2.38. The average molecular weight is 341 g/mol. The summed E-state index contributed by atoms with van der Waals surface area (Å²) in [6, 6.07) is 14.9. The Morgan fingerprint density at radius 2 is 1.48 bits per heavy atom. The van der Waals surface area contributed by atoms with Crippen LogP contribution in [0, 0.1) is 17.7 Å². The van der Waals surface area contributed by atoms with Gasteiger partial charge < -0.3 is 10.2 Å². The topological polar surface area (TPSA) is 43.7 Å². The average Bonchev–Trinajstić information content (AvgIpc) is 2.97. The van der Waals surface area contributed by atoms with E-state index in [-0.39, 0.29) is 5.82 Å². The minimum absolute atomic E-state index is 0.198. The smallest absolute Gasteiger partial charge is 0.131 e. The Morgan fingerprint density at radius 1 is 0.880 bits per heavy atom. The molecule has 4 rings (SSSR count). The number of benzene rings is 2. The van der Waals surface area contributed by atoms with E-state index >= 15 is 0 Å². The Bertz CT molecular complexity index is 715. The van der Waals surface area contributed by atoms with Gasteiger partial charge in [-0.1, -0.05) is 42.5 Å². The molecule has 0 amide bonds.